The summed E-state index contributed by atoms with van der Waals surface area (Å²) in [6, 6.07) is 2.46. The first-order valence-electron chi connectivity index (χ1n) is 7.67. The second-order valence-corrected chi connectivity index (χ2v) is 6.21. The van der Waals surface area contributed by atoms with E-state index >= 15 is 0 Å². The molecule has 0 spiro atoms. The Hall–Kier alpha value is -1.36. The molecule has 5 heteroatoms. The van der Waals surface area contributed by atoms with Crippen LogP contribution in [0.3, 0.4) is 0 Å². The zero-order chi connectivity index (χ0) is 14.1. The van der Waals surface area contributed by atoms with Crippen molar-refractivity contribution in [1.82, 2.24) is 20.0 Å². The first-order chi connectivity index (χ1) is 9.63. The van der Waals surface area contributed by atoms with Gasteiger partial charge in [0.25, 0.3) is 5.91 Å². The van der Waals surface area contributed by atoms with Crippen molar-refractivity contribution in [2.24, 2.45) is 13.0 Å². The Labute approximate surface area is 120 Å². The third kappa shape index (κ3) is 3.03. The molecule has 110 valence electrons. The van der Waals surface area contributed by atoms with Crippen LogP contribution in [0.1, 0.15) is 41.9 Å². The van der Waals surface area contributed by atoms with Crippen molar-refractivity contribution in [3.63, 3.8) is 0 Å². The van der Waals surface area contributed by atoms with Crippen molar-refractivity contribution >= 4 is 5.91 Å². The van der Waals surface area contributed by atoms with Crippen molar-refractivity contribution in [1.29, 1.82) is 0 Å². The Kier molecular flexibility index (Phi) is 3.78. The van der Waals surface area contributed by atoms with Gasteiger partial charge in [-0.1, -0.05) is 0 Å². The predicted octanol–water partition coefficient (Wildman–Crippen LogP) is 1.33. The number of carbonyl (C=O) groups excluding carboxylic acids is 1. The molecule has 0 radical (unpaired) electrons. The van der Waals surface area contributed by atoms with Gasteiger partial charge in [0.05, 0.1) is 0 Å². The van der Waals surface area contributed by atoms with E-state index in [1.54, 1.807) is 4.68 Å². The molecule has 1 N–H and O–H groups in total. The summed E-state index contributed by atoms with van der Waals surface area (Å²) < 4.78 is 1.76. The van der Waals surface area contributed by atoms with E-state index in [9.17, 15) is 4.79 Å². The van der Waals surface area contributed by atoms with E-state index in [1.165, 1.54) is 12.8 Å². The minimum absolute atomic E-state index is 0.0781. The van der Waals surface area contributed by atoms with Gasteiger partial charge in [-0.25, -0.2) is 0 Å². The van der Waals surface area contributed by atoms with Crippen LogP contribution in [0, 0.1) is 12.8 Å². The van der Waals surface area contributed by atoms with Gasteiger partial charge in [-0.3, -0.25) is 9.48 Å². The van der Waals surface area contributed by atoms with Crippen LogP contribution in [0.4, 0.5) is 0 Å². The van der Waals surface area contributed by atoms with Crippen LogP contribution in [-0.2, 0) is 7.05 Å². The maximum absolute atomic E-state index is 12.4. The first kappa shape index (κ1) is 13.6. The van der Waals surface area contributed by atoms with Gasteiger partial charge in [0.15, 0.2) is 5.69 Å². The molecule has 1 aliphatic heterocycles. The van der Waals surface area contributed by atoms with Crippen LogP contribution in [0.5, 0.6) is 0 Å². The minimum atomic E-state index is 0.0781. The normalized spacial score (nSPS) is 20.4. The lowest BCUT2D eigenvalue weighted by molar-refractivity contribution is 0.0698. The smallest absolute Gasteiger partial charge is 0.274 e. The summed E-state index contributed by atoms with van der Waals surface area (Å²) in [6.45, 7) is 4.82. The molecule has 1 aromatic rings. The average molecular weight is 276 g/mol. The zero-order valence-electron chi connectivity index (χ0n) is 12.4. The van der Waals surface area contributed by atoms with Crippen molar-refractivity contribution in [3.8, 4) is 0 Å². The maximum Gasteiger partial charge on any atom is 0.274 e. The maximum atomic E-state index is 12.4. The Balaban J connectivity index is 1.50. The van der Waals surface area contributed by atoms with Crippen molar-refractivity contribution in [2.45, 2.75) is 38.6 Å². The number of amides is 1. The summed E-state index contributed by atoms with van der Waals surface area (Å²) in [5.41, 5.74) is 1.60. The highest BCUT2D eigenvalue weighted by Crippen LogP contribution is 2.28. The number of aromatic nitrogens is 2. The van der Waals surface area contributed by atoms with E-state index in [0.29, 0.717) is 11.7 Å². The molecule has 1 aliphatic carbocycles. The Bertz CT molecular complexity index is 465. The van der Waals surface area contributed by atoms with E-state index < -0.39 is 0 Å². The van der Waals surface area contributed by atoms with Crippen LogP contribution in [0.25, 0.3) is 0 Å². The highest BCUT2D eigenvalue weighted by Gasteiger charge is 2.27. The molecular weight excluding hydrogens is 252 g/mol. The lowest BCUT2D eigenvalue weighted by Gasteiger charge is -2.32. The molecule has 20 heavy (non-hydrogen) atoms. The monoisotopic (exact) mass is 276 g/mol. The second-order valence-electron chi connectivity index (χ2n) is 6.21. The van der Waals surface area contributed by atoms with Gasteiger partial charge in [0, 0.05) is 31.9 Å². The van der Waals surface area contributed by atoms with Crippen LogP contribution >= 0.6 is 0 Å². The summed E-state index contributed by atoms with van der Waals surface area (Å²) in [5.74, 6) is 1.00. The molecule has 2 heterocycles. The number of piperidine rings is 1. The molecule has 5 nitrogen and oxygen atoms in total. The third-order valence-corrected chi connectivity index (χ3v) is 4.51. The molecule has 1 amide bonds. The fourth-order valence-corrected chi connectivity index (χ4v) is 2.77. The Morgan fingerprint density at radius 3 is 2.60 bits per heavy atom. The van der Waals surface area contributed by atoms with E-state index in [2.05, 4.69) is 10.4 Å². The van der Waals surface area contributed by atoms with Gasteiger partial charge >= 0.3 is 0 Å². The minimum Gasteiger partial charge on any atom is -0.337 e. The van der Waals surface area contributed by atoms with Gasteiger partial charge in [-0.2, -0.15) is 5.10 Å². The van der Waals surface area contributed by atoms with Crippen LogP contribution in [0.2, 0.25) is 0 Å². The van der Waals surface area contributed by atoms with E-state index in [-0.39, 0.29) is 5.91 Å². The molecule has 2 fully saturated rings. The number of carbonyl (C=O) groups is 1. The summed E-state index contributed by atoms with van der Waals surface area (Å²) in [5, 5.41) is 7.92. The fraction of sp³-hybridized carbons (Fsp3) is 0.733. The molecule has 1 aromatic heterocycles. The number of nitrogens with zero attached hydrogens (tertiary/aromatic N) is 3. The Morgan fingerprint density at radius 2 is 2.05 bits per heavy atom. The van der Waals surface area contributed by atoms with Crippen molar-refractivity contribution < 1.29 is 4.79 Å². The highest BCUT2D eigenvalue weighted by atomic mass is 16.2. The second kappa shape index (κ2) is 5.56. The summed E-state index contributed by atoms with van der Waals surface area (Å²) >= 11 is 0. The average Bonchev–Trinajstić information content (AvgIpc) is 3.22. The molecule has 1 saturated carbocycles. The molecule has 0 unspecified atom stereocenters. The standard InChI is InChI=1S/C15H24N4O/c1-11-9-14(17-18(11)2)15(20)19-7-5-13(6-8-19)16-10-12-3-4-12/h9,12-13,16H,3-8,10H2,1-2H3. The van der Waals surface area contributed by atoms with Crippen LogP contribution in [-0.4, -0.2) is 46.3 Å². The summed E-state index contributed by atoms with van der Waals surface area (Å²) in [4.78, 5) is 14.3. The molecule has 2 aliphatic rings. The summed E-state index contributed by atoms with van der Waals surface area (Å²) in [6.07, 6.45) is 4.90. The van der Waals surface area contributed by atoms with E-state index in [4.69, 9.17) is 0 Å². The Morgan fingerprint density at radius 1 is 1.35 bits per heavy atom. The molecule has 1 saturated heterocycles. The van der Waals surface area contributed by atoms with Gasteiger partial charge in [-0.05, 0) is 51.1 Å². The number of aryl methyl sites for hydroxylation is 2. The topological polar surface area (TPSA) is 50.2 Å². The number of hydrogen-bond acceptors (Lipinski definition) is 3. The fourth-order valence-electron chi connectivity index (χ4n) is 2.77. The molecule has 0 bridgehead atoms. The summed E-state index contributed by atoms with van der Waals surface area (Å²) in [7, 11) is 1.88. The predicted molar refractivity (Wildman–Crippen MR) is 77.6 cm³/mol. The molecule has 0 aromatic carbocycles. The van der Waals surface area contributed by atoms with Crippen molar-refractivity contribution in [2.75, 3.05) is 19.6 Å². The molecule has 0 atom stereocenters. The quantitative estimate of drug-likeness (QED) is 0.902. The zero-order valence-corrected chi connectivity index (χ0v) is 12.4. The van der Waals surface area contributed by atoms with Crippen LogP contribution in [0.15, 0.2) is 6.07 Å². The third-order valence-electron chi connectivity index (χ3n) is 4.51. The van der Waals surface area contributed by atoms with Gasteiger partial charge < -0.3 is 10.2 Å². The number of hydrogen-bond donors (Lipinski definition) is 1. The van der Waals surface area contributed by atoms with Gasteiger partial charge in [-0.15, -0.1) is 0 Å². The lowest BCUT2D eigenvalue weighted by atomic mass is 10.0. The molecule has 3 rings (SSSR count). The molecular formula is C15H24N4O. The van der Waals surface area contributed by atoms with Gasteiger partial charge in [0.2, 0.25) is 0 Å². The highest BCUT2D eigenvalue weighted by molar-refractivity contribution is 5.92. The number of rotatable bonds is 4. The number of likely N-dealkylation sites (tertiary alicyclic amines) is 1. The van der Waals surface area contributed by atoms with Gasteiger partial charge in [0.1, 0.15) is 0 Å². The SMILES string of the molecule is Cc1cc(C(=O)N2CCC(NCC3CC3)CC2)nn1C. The van der Waals surface area contributed by atoms with Crippen molar-refractivity contribution in [3.05, 3.63) is 17.5 Å². The first-order valence-corrected chi connectivity index (χ1v) is 7.67. The van der Waals surface area contributed by atoms with E-state index in [1.807, 2.05) is 24.9 Å². The number of nitrogens with one attached hydrogen (secondary N) is 1. The van der Waals surface area contributed by atoms with Crippen LogP contribution < -0.4 is 5.32 Å². The van der Waals surface area contributed by atoms with E-state index in [0.717, 1.165) is 44.1 Å². The largest absolute Gasteiger partial charge is 0.337 e. The lowest BCUT2D eigenvalue weighted by Crippen LogP contribution is -2.45.